The van der Waals surface area contributed by atoms with Gasteiger partial charge in [0.25, 0.3) is 5.89 Å². The molecule has 0 atom stereocenters. The zero-order chi connectivity index (χ0) is 10.8. The van der Waals surface area contributed by atoms with Gasteiger partial charge in [-0.15, -0.1) is 5.10 Å². The van der Waals surface area contributed by atoms with Gasteiger partial charge in [-0.3, -0.25) is 0 Å². The minimum absolute atomic E-state index is 0.0175. The van der Waals surface area contributed by atoms with E-state index < -0.39 is 0 Å². The van der Waals surface area contributed by atoms with Crippen LogP contribution in [0.25, 0.3) is 11.5 Å². The van der Waals surface area contributed by atoms with Crippen molar-refractivity contribution in [3.05, 3.63) is 18.2 Å². The number of aromatic nitrogens is 2. The van der Waals surface area contributed by atoms with Gasteiger partial charge in [-0.25, -0.2) is 0 Å². The van der Waals surface area contributed by atoms with Crippen LogP contribution in [-0.4, -0.2) is 17.3 Å². The second kappa shape index (κ2) is 3.49. The van der Waals surface area contributed by atoms with Gasteiger partial charge in [0.05, 0.1) is 12.7 Å². The van der Waals surface area contributed by atoms with Crippen molar-refractivity contribution in [1.29, 1.82) is 0 Å². The molecule has 0 fully saturated rings. The Morgan fingerprint density at radius 2 is 2.07 bits per heavy atom. The highest BCUT2D eigenvalue weighted by atomic mass is 16.5. The van der Waals surface area contributed by atoms with E-state index in [9.17, 15) is 0 Å². The van der Waals surface area contributed by atoms with E-state index in [-0.39, 0.29) is 6.01 Å². The number of nitrogens with zero attached hydrogens (tertiary/aromatic N) is 2. The lowest BCUT2D eigenvalue weighted by Crippen LogP contribution is -1.91. The zero-order valence-electron chi connectivity index (χ0n) is 8.10. The Balaban J connectivity index is 2.52. The lowest BCUT2D eigenvalue weighted by molar-refractivity contribution is 0.414. The molecule has 4 N–H and O–H groups in total. The van der Waals surface area contributed by atoms with Crippen LogP contribution in [0, 0.1) is 0 Å². The molecule has 2 rings (SSSR count). The summed E-state index contributed by atoms with van der Waals surface area (Å²) in [6.07, 6.45) is 0. The highest BCUT2D eigenvalue weighted by Crippen LogP contribution is 2.30. The number of nitrogens with two attached hydrogens (primary N) is 2. The van der Waals surface area contributed by atoms with Gasteiger partial charge < -0.3 is 20.6 Å². The fraction of sp³-hybridized carbons (Fsp3) is 0.111. The maximum atomic E-state index is 5.62. The first-order valence-corrected chi connectivity index (χ1v) is 4.23. The molecule has 1 aromatic heterocycles. The van der Waals surface area contributed by atoms with Gasteiger partial charge >= 0.3 is 6.01 Å². The summed E-state index contributed by atoms with van der Waals surface area (Å²) in [6.45, 7) is 0. The number of nitrogen functional groups attached to an aromatic ring is 2. The molecule has 6 nitrogen and oxygen atoms in total. The Morgan fingerprint density at radius 3 is 2.67 bits per heavy atom. The van der Waals surface area contributed by atoms with Crippen LogP contribution in [-0.2, 0) is 0 Å². The predicted molar refractivity (Wildman–Crippen MR) is 55.1 cm³/mol. The van der Waals surface area contributed by atoms with Crippen molar-refractivity contribution in [1.82, 2.24) is 10.2 Å². The van der Waals surface area contributed by atoms with E-state index in [1.54, 1.807) is 18.2 Å². The van der Waals surface area contributed by atoms with E-state index in [1.807, 2.05) is 0 Å². The summed E-state index contributed by atoms with van der Waals surface area (Å²) < 4.78 is 10.2. The topological polar surface area (TPSA) is 100 Å². The van der Waals surface area contributed by atoms with Gasteiger partial charge in [0.1, 0.15) is 5.75 Å². The van der Waals surface area contributed by atoms with E-state index >= 15 is 0 Å². The molecule has 1 aromatic carbocycles. The molecule has 6 heteroatoms. The number of rotatable bonds is 2. The molecular weight excluding hydrogens is 196 g/mol. The van der Waals surface area contributed by atoms with Crippen LogP contribution in [0.15, 0.2) is 22.6 Å². The van der Waals surface area contributed by atoms with Gasteiger partial charge in [0, 0.05) is 11.8 Å². The van der Waals surface area contributed by atoms with Gasteiger partial charge in [0.15, 0.2) is 0 Å². The molecule has 0 saturated carbocycles. The summed E-state index contributed by atoms with van der Waals surface area (Å²) in [6, 6.07) is 5.15. The molecule has 78 valence electrons. The minimum Gasteiger partial charge on any atom is -0.496 e. The van der Waals surface area contributed by atoms with E-state index in [0.29, 0.717) is 22.9 Å². The molecule has 1 heterocycles. The monoisotopic (exact) mass is 206 g/mol. The van der Waals surface area contributed by atoms with Gasteiger partial charge in [-0.2, -0.15) is 0 Å². The number of hydrogen-bond acceptors (Lipinski definition) is 6. The molecule has 2 aromatic rings. The minimum atomic E-state index is 0.0175. The van der Waals surface area contributed by atoms with Crippen LogP contribution in [0.1, 0.15) is 0 Å². The molecule has 0 aliphatic carbocycles. The number of methoxy groups -OCH3 is 1. The largest absolute Gasteiger partial charge is 0.496 e. The Bertz CT molecular complexity index is 481. The number of ether oxygens (including phenoxy) is 1. The smallest absolute Gasteiger partial charge is 0.313 e. The summed E-state index contributed by atoms with van der Waals surface area (Å²) in [5.74, 6) is 0.878. The van der Waals surface area contributed by atoms with Crippen LogP contribution >= 0.6 is 0 Å². The molecule has 0 radical (unpaired) electrons. The first kappa shape index (κ1) is 9.32. The van der Waals surface area contributed by atoms with E-state index in [0.717, 1.165) is 0 Å². The normalized spacial score (nSPS) is 10.2. The van der Waals surface area contributed by atoms with Crippen molar-refractivity contribution in [3.8, 4) is 17.2 Å². The van der Waals surface area contributed by atoms with Crippen molar-refractivity contribution >= 4 is 11.7 Å². The van der Waals surface area contributed by atoms with Crippen LogP contribution in [0.3, 0.4) is 0 Å². The van der Waals surface area contributed by atoms with Crippen molar-refractivity contribution in [2.24, 2.45) is 0 Å². The second-order valence-corrected chi connectivity index (χ2v) is 2.91. The first-order chi connectivity index (χ1) is 7.20. The number of anilines is 2. The maximum Gasteiger partial charge on any atom is 0.313 e. The van der Waals surface area contributed by atoms with Crippen molar-refractivity contribution in [2.45, 2.75) is 0 Å². The average Bonchev–Trinajstić information content (AvgIpc) is 2.64. The number of benzene rings is 1. The molecule has 0 aliphatic heterocycles. The fourth-order valence-corrected chi connectivity index (χ4v) is 1.23. The fourth-order valence-electron chi connectivity index (χ4n) is 1.23. The quantitative estimate of drug-likeness (QED) is 0.708. The lowest BCUT2D eigenvalue weighted by atomic mass is 10.2. The van der Waals surface area contributed by atoms with Crippen LogP contribution in [0.4, 0.5) is 11.7 Å². The third kappa shape index (κ3) is 1.69. The molecule has 15 heavy (non-hydrogen) atoms. The van der Waals surface area contributed by atoms with Gasteiger partial charge in [0.2, 0.25) is 0 Å². The Labute approximate surface area is 85.8 Å². The molecular formula is C9H10N4O2. The van der Waals surface area contributed by atoms with E-state index in [2.05, 4.69) is 10.2 Å². The Hall–Kier alpha value is -2.24. The van der Waals surface area contributed by atoms with Crippen molar-refractivity contribution in [2.75, 3.05) is 18.6 Å². The first-order valence-electron chi connectivity index (χ1n) is 4.23. The summed E-state index contributed by atoms with van der Waals surface area (Å²) in [7, 11) is 1.54. The average molecular weight is 206 g/mol. The number of hydrogen-bond donors (Lipinski definition) is 2. The predicted octanol–water partition coefficient (Wildman–Crippen LogP) is 0.910. The standard InChI is InChI=1S/C9H10N4O2/c1-14-7-4-5(10)2-3-6(7)8-12-13-9(11)15-8/h2-4H,10H2,1H3,(H2,11,13). The van der Waals surface area contributed by atoms with Crippen LogP contribution in [0.5, 0.6) is 5.75 Å². The van der Waals surface area contributed by atoms with E-state index in [4.69, 9.17) is 20.6 Å². The van der Waals surface area contributed by atoms with Gasteiger partial charge in [-0.1, -0.05) is 5.10 Å². The molecule has 0 saturated heterocycles. The summed E-state index contributed by atoms with van der Waals surface area (Å²) in [5, 5.41) is 7.33. The lowest BCUT2D eigenvalue weighted by Gasteiger charge is -2.05. The summed E-state index contributed by atoms with van der Waals surface area (Å²) in [4.78, 5) is 0. The SMILES string of the molecule is COc1cc(N)ccc1-c1nnc(N)o1. The maximum absolute atomic E-state index is 5.62. The molecule has 0 spiro atoms. The molecule has 0 aliphatic rings. The summed E-state index contributed by atoms with van der Waals surface area (Å²) >= 11 is 0. The van der Waals surface area contributed by atoms with Crippen molar-refractivity contribution < 1.29 is 9.15 Å². The highest BCUT2D eigenvalue weighted by Gasteiger charge is 2.12. The molecule has 0 unspecified atom stereocenters. The zero-order valence-corrected chi connectivity index (χ0v) is 8.10. The summed E-state index contributed by atoms with van der Waals surface area (Å²) in [5.41, 5.74) is 12.2. The highest BCUT2D eigenvalue weighted by molar-refractivity contribution is 5.66. The van der Waals surface area contributed by atoms with Crippen molar-refractivity contribution in [3.63, 3.8) is 0 Å². The molecule has 0 amide bonds. The second-order valence-electron chi connectivity index (χ2n) is 2.91. The van der Waals surface area contributed by atoms with Crippen LogP contribution < -0.4 is 16.2 Å². The third-order valence-corrected chi connectivity index (χ3v) is 1.90. The Kier molecular flexibility index (Phi) is 2.17. The van der Waals surface area contributed by atoms with Gasteiger partial charge in [-0.05, 0) is 12.1 Å². The third-order valence-electron chi connectivity index (χ3n) is 1.90. The Morgan fingerprint density at radius 1 is 1.27 bits per heavy atom. The molecule has 0 bridgehead atoms. The van der Waals surface area contributed by atoms with E-state index in [1.165, 1.54) is 7.11 Å². The van der Waals surface area contributed by atoms with Crippen LogP contribution in [0.2, 0.25) is 0 Å².